The summed E-state index contributed by atoms with van der Waals surface area (Å²) in [5, 5.41) is 0. The average Bonchev–Trinajstić information content (AvgIpc) is 2.27. The highest BCUT2D eigenvalue weighted by atomic mass is 32.2. The molecular weight excluding hydrogens is 254 g/mol. The minimum absolute atomic E-state index is 0.0944. The predicted octanol–water partition coefficient (Wildman–Crippen LogP) is 0.269. The lowest BCUT2D eigenvalue weighted by Crippen LogP contribution is -2.28. The van der Waals surface area contributed by atoms with E-state index in [-0.39, 0.29) is 22.9 Å². The van der Waals surface area contributed by atoms with Gasteiger partial charge in [0.05, 0.1) is 10.5 Å². The molecule has 0 spiro atoms. The number of carbonyl (C=O) groups excluding carboxylic acids is 1. The van der Waals surface area contributed by atoms with E-state index >= 15 is 0 Å². The highest BCUT2D eigenvalue weighted by Crippen LogP contribution is 2.20. The van der Waals surface area contributed by atoms with E-state index in [0.717, 1.165) is 0 Å². The zero-order chi connectivity index (χ0) is 13.9. The van der Waals surface area contributed by atoms with Crippen LogP contribution >= 0.6 is 0 Å². The number of nitrogen functional groups attached to an aromatic ring is 1. The molecule has 1 rings (SSSR count). The van der Waals surface area contributed by atoms with Crippen LogP contribution in [0.3, 0.4) is 0 Å². The van der Waals surface area contributed by atoms with Crippen molar-refractivity contribution in [3.05, 3.63) is 23.8 Å². The molecule has 0 radical (unpaired) electrons. The standard InChI is InChI=1S/C11H17N3O3S/c1-4-13-18(16,17)10-7-8(12)5-6-9(10)11(15)14(2)3/h5-7,13H,4,12H2,1-3H3. The van der Waals surface area contributed by atoms with Gasteiger partial charge in [0.25, 0.3) is 5.91 Å². The van der Waals surface area contributed by atoms with Crippen molar-refractivity contribution in [3.8, 4) is 0 Å². The van der Waals surface area contributed by atoms with Gasteiger partial charge in [-0.1, -0.05) is 6.92 Å². The average molecular weight is 271 g/mol. The largest absolute Gasteiger partial charge is 0.399 e. The molecule has 0 saturated carbocycles. The van der Waals surface area contributed by atoms with Crippen molar-refractivity contribution in [2.24, 2.45) is 0 Å². The quantitative estimate of drug-likeness (QED) is 0.769. The fourth-order valence-corrected chi connectivity index (χ4v) is 2.72. The molecule has 0 saturated heterocycles. The smallest absolute Gasteiger partial charge is 0.254 e. The lowest BCUT2D eigenvalue weighted by Gasteiger charge is -2.15. The van der Waals surface area contributed by atoms with Crippen LogP contribution in [0.4, 0.5) is 5.69 Å². The second kappa shape index (κ2) is 5.36. The van der Waals surface area contributed by atoms with E-state index in [1.54, 1.807) is 21.0 Å². The number of nitrogens with one attached hydrogen (secondary N) is 1. The Morgan fingerprint density at radius 3 is 2.50 bits per heavy atom. The van der Waals surface area contributed by atoms with Crippen LogP contribution in [-0.4, -0.2) is 39.9 Å². The van der Waals surface area contributed by atoms with Gasteiger partial charge < -0.3 is 10.6 Å². The Labute approximate surface area is 107 Å². The molecule has 0 aliphatic rings. The number of carbonyl (C=O) groups is 1. The van der Waals surface area contributed by atoms with Crippen molar-refractivity contribution >= 4 is 21.6 Å². The van der Waals surface area contributed by atoms with Gasteiger partial charge in [-0.2, -0.15) is 0 Å². The van der Waals surface area contributed by atoms with Gasteiger partial charge in [0.1, 0.15) is 0 Å². The summed E-state index contributed by atoms with van der Waals surface area (Å²) in [6.07, 6.45) is 0. The van der Waals surface area contributed by atoms with Crippen LogP contribution < -0.4 is 10.5 Å². The van der Waals surface area contributed by atoms with Gasteiger partial charge in [-0.15, -0.1) is 0 Å². The Hall–Kier alpha value is -1.60. The summed E-state index contributed by atoms with van der Waals surface area (Å²) in [6, 6.07) is 4.21. The van der Waals surface area contributed by atoms with E-state index in [0.29, 0.717) is 5.69 Å². The fourth-order valence-electron chi connectivity index (χ4n) is 1.45. The Kier molecular flexibility index (Phi) is 4.31. The van der Waals surface area contributed by atoms with E-state index in [2.05, 4.69) is 4.72 Å². The van der Waals surface area contributed by atoms with E-state index < -0.39 is 10.0 Å². The highest BCUT2D eigenvalue weighted by molar-refractivity contribution is 7.89. The molecule has 0 fully saturated rings. The van der Waals surface area contributed by atoms with Crippen molar-refractivity contribution < 1.29 is 13.2 Å². The first-order chi connectivity index (χ1) is 8.29. The Morgan fingerprint density at radius 2 is 2.00 bits per heavy atom. The molecule has 100 valence electrons. The van der Waals surface area contributed by atoms with Crippen molar-refractivity contribution in [1.29, 1.82) is 0 Å². The number of benzene rings is 1. The maximum absolute atomic E-state index is 12.0. The Morgan fingerprint density at radius 1 is 1.39 bits per heavy atom. The van der Waals surface area contributed by atoms with Gasteiger partial charge >= 0.3 is 0 Å². The van der Waals surface area contributed by atoms with Gasteiger partial charge in [0.2, 0.25) is 10.0 Å². The molecule has 0 aliphatic heterocycles. The minimum Gasteiger partial charge on any atom is -0.399 e. The monoisotopic (exact) mass is 271 g/mol. The van der Waals surface area contributed by atoms with Gasteiger partial charge in [-0.05, 0) is 18.2 Å². The molecule has 1 amide bonds. The number of nitrogens with two attached hydrogens (primary N) is 1. The molecule has 6 nitrogen and oxygen atoms in total. The number of hydrogen-bond donors (Lipinski definition) is 2. The second-order valence-electron chi connectivity index (χ2n) is 3.96. The van der Waals surface area contributed by atoms with Gasteiger partial charge in [0.15, 0.2) is 0 Å². The summed E-state index contributed by atoms with van der Waals surface area (Å²) >= 11 is 0. The topological polar surface area (TPSA) is 92.5 Å². The number of hydrogen-bond acceptors (Lipinski definition) is 4. The maximum Gasteiger partial charge on any atom is 0.254 e. The molecule has 0 aliphatic carbocycles. The van der Waals surface area contributed by atoms with Crippen molar-refractivity contribution in [1.82, 2.24) is 9.62 Å². The summed E-state index contributed by atoms with van der Waals surface area (Å²) in [7, 11) is -0.604. The Bertz CT molecular complexity index is 553. The lowest BCUT2D eigenvalue weighted by molar-refractivity contribution is 0.0824. The van der Waals surface area contributed by atoms with E-state index in [1.807, 2.05) is 0 Å². The van der Waals surface area contributed by atoms with Crippen LogP contribution in [0.15, 0.2) is 23.1 Å². The second-order valence-corrected chi connectivity index (χ2v) is 5.69. The molecule has 0 aromatic heterocycles. The molecule has 18 heavy (non-hydrogen) atoms. The van der Waals surface area contributed by atoms with Gasteiger partial charge in [-0.3, -0.25) is 4.79 Å². The van der Waals surface area contributed by atoms with Crippen LogP contribution in [-0.2, 0) is 10.0 Å². The molecule has 0 bridgehead atoms. The van der Waals surface area contributed by atoms with Crippen molar-refractivity contribution in [2.75, 3.05) is 26.4 Å². The lowest BCUT2D eigenvalue weighted by atomic mass is 10.2. The summed E-state index contributed by atoms with van der Waals surface area (Å²) in [4.78, 5) is 13.1. The normalized spacial score (nSPS) is 11.3. The molecule has 3 N–H and O–H groups in total. The van der Waals surface area contributed by atoms with Crippen LogP contribution in [0.5, 0.6) is 0 Å². The first-order valence-electron chi connectivity index (χ1n) is 5.40. The number of sulfonamides is 1. The minimum atomic E-state index is -3.72. The van der Waals surface area contributed by atoms with Crippen molar-refractivity contribution in [2.45, 2.75) is 11.8 Å². The highest BCUT2D eigenvalue weighted by Gasteiger charge is 2.22. The first-order valence-corrected chi connectivity index (χ1v) is 6.88. The SMILES string of the molecule is CCNS(=O)(=O)c1cc(N)ccc1C(=O)N(C)C. The van der Waals surface area contributed by atoms with Crippen LogP contribution in [0.25, 0.3) is 0 Å². The summed E-state index contributed by atoms with van der Waals surface area (Å²) < 4.78 is 26.3. The molecule has 0 atom stereocenters. The van der Waals surface area contributed by atoms with Gasteiger partial charge in [-0.25, -0.2) is 13.1 Å². The third-order valence-electron chi connectivity index (χ3n) is 2.27. The molecule has 0 heterocycles. The number of rotatable bonds is 4. The van der Waals surface area contributed by atoms with E-state index in [1.165, 1.54) is 23.1 Å². The van der Waals surface area contributed by atoms with Gasteiger partial charge in [0, 0.05) is 26.3 Å². The summed E-state index contributed by atoms with van der Waals surface area (Å²) in [5.41, 5.74) is 5.98. The number of anilines is 1. The molecule has 7 heteroatoms. The molecule has 1 aromatic rings. The fraction of sp³-hybridized carbons (Fsp3) is 0.364. The van der Waals surface area contributed by atoms with E-state index in [4.69, 9.17) is 5.73 Å². The van der Waals surface area contributed by atoms with Crippen molar-refractivity contribution in [3.63, 3.8) is 0 Å². The van der Waals surface area contributed by atoms with Crippen LogP contribution in [0.2, 0.25) is 0 Å². The van der Waals surface area contributed by atoms with E-state index in [9.17, 15) is 13.2 Å². The molecule has 1 aromatic carbocycles. The third kappa shape index (κ3) is 2.99. The first kappa shape index (κ1) is 14.5. The zero-order valence-corrected chi connectivity index (χ0v) is 11.4. The predicted molar refractivity (Wildman–Crippen MR) is 69.7 cm³/mol. The Balaban J connectivity index is 3.42. The summed E-state index contributed by atoms with van der Waals surface area (Å²) in [6.45, 7) is 1.91. The molecule has 0 unspecified atom stereocenters. The zero-order valence-electron chi connectivity index (χ0n) is 10.6. The van der Waals surface area contributed by atoms with Crippen LogP contribution in [0.1, 0.15) is 17.3 Å². The maximum atomic E-state index is 12.0. The molecular formula is C11H17N3O3S. The third-order valence-corrected chi connectivity index (χ3v) is 3.85. The number of nitrogens with zero attached hydrogens (tertiary/aromatic N) is 1. The number of amides is 1. The summed E-state index contributed by atoms with van der Waals surface area (Å²) in [5.74, 6) is -0.383. The van der Waals surface area contributed by atoms with Crippen LogP contribution in [0, 0.1) is 0 Å².